The number of anilines is 1. The number of hydrogen-bond donors (Lipinski definition) is 1. The fourth-order valence-corrected chi connectivity index (χ4v) is 5.81. The van der Waals surface area contributed by atoms with Crippen molar-refractivity contribution < 1.29 is 29.0 Å². The molecule has 0 aliphatic carbocycles. The first-order chi connectivity index (χ1) is 18.5. The summed E-state index contributed by atoms with van der Waals surface area (Å²) >= 11 is 0. The molecule has 2 fully saturated rings. The monoisotopic (exact) mass is 522 g/mol. The highest BCUT2D eigenvalue weighted by atomic mass is 16.7. The number of pyridine rings is 1. The standard InChI is InChI=1S/C28H34N4O6/c1-2-3-12-32(20-6-4-10-29-14-20)26(34)17-31-15-21(19-8-9-23-24(13-19)38-18-37-23)27(28(35)36)22(31)16-30-11-5-7-25(30)33/h4,6,8-10,13-14,21-22,27H,2-3,5,7,11-12,15-18H2,1H3,(H,35,36)/t21-,22+,27?/m1/s1. The highest BCUT2D eigenvalue weighted by Crippen LogP contribution is 2.42. The molecule has 0 radical (unpaired) electrons. The summed E-state index contributed by atoms with van der Waals surface area (Å²) in [5, 5.41) is 10.4. The van der Waals surface area contributed by atoms with E-state index in [0.29, 0.717) is 37.6 Å². The van der Waals surface area contributed by atoms with E-state index in [2.05, 4.69) is 11.9 Å². The van der Waals surface area contributed by atoms with Gasteiger partial charge in [0.25, 0.3) is 0 Å². The summed E-state index contributed by atoms with van der Waals surface area (Å²) < 4.78 is 11.0. The van der Waals surface area contributed by atoms with Gasteiger partial charge in [0.1, 0.15) is 0 Å². The fourth-order valence-electron chi connectivity index (χ4n) is 5.81. The molecule has 2 amide bonds. The van der Waals surface area contributed by atoms with Gasteiger partial charge in [-0.05, 0) is 42.7 Å². The molecule has 1 aromatic carbocycles. The lowest BCUT2D eigenvalue weighted by molar-refractivity contribution is -0.144. The molecule has 38 heavy (non-hydrogen) atoms. The zero-order valence-electron chi connectivity index (χ0n) is 21.6. The van der Waals surface area contributed by atoms with Gasteiger partial charge in [-0.1, -0.05) is 19.4 Å². The van der Waals surface area contributed by atoms with Gasteiger partial charge in [0.05, 0.1) is 24.3 Å². The van der Waals surface area contributed by atoms with Gasteiger partial charge >= 0.3 is 5.97 Å². The minimum absolute atomic E-state index is 0.0341. The predicted molar refractivity (Wildman–Crippen MR) is 139 cm³/mol. The maximum Gasteiger partial charge on any atom is 0.308 e. The molecule has 4 heterocycles. The number of hydrogen-bond acceptors (Lipinski definition) is 7. The van der Waals surface area contributed by atoms with Crippen LogP contribution < -0.4 is 14.4 Å². The number of carboxylic acid groups (broad SMARTS) is 1. The average molecular weight is 523 g/mol. The van der Waals surface area contributed by atoms with Gasteiger partial charge in [0, 0.05) is 50.8 Å². The van der Waals surface area contributed by atoms with E-state index in [9.17, 15) is 19.5 Å². The molecular formula is C28H34N4O6. The Morgan fingerprint density at radius 2 is 2.05 bits per heavy atom. The van der Waals surface area contributed by atoms with Crippen molar-refractivity contribution in [3.05, 3.63) is 48.3 Å². The third-order valence-electron chi connectivity index (χ3n) is 7.77. The quantitative estimate of drug-likeness (QED) is 0.507. The Kier molecular flexibility index (Phi) is 7.78. The van der Waals surface area contributed by atoms with Crippen LogP contribution in [0.1, 0.15) is 44.1 Å². The van der Waals surface area contributed by atoms with E-state index in [1.54, 1.807) is 34.3 Å². The second-order valence-electron chi connectivity index (χ2n) is 10.1. The number of unbranched alkanes of at least 4 members (excludes halogenated alkanes) is 1. The first-order valence-corrected chi connectivity index (χ1v) is 13.3. The van der Waals surface area contributed by atoms with E-state index in [1.807, 2.05) is 23.1 Å². The van der Waals surface area contributed by atoms with Crippen LogP contribution in [0, 0.1) is 5.92 Å². The molecule has 5 rings (SSSR count). The smallest absolute Gasteiger partial charge is 0.308 e. The first kappa shape index (κ1) is 26.0. The lowest BCUT2D eigenvalue weighted by Gasteiger charge is -2.32. The zero-order valence-corrected chi connectivity index (χ0v) is 21.6. The number of nitrogens with zero attached hydrogens (tertiary/aromatic N) is 4. The minimum atomic E-state index is -0.936. The summed E-state index contributed by atoms with van der Waals surface area (Å²) in [6.45, 7) is 4.08. The summed E-state index contributed by atoms with van der Waals surface area (Å²) in [7, 11) is 0. The number of carboxylic acids is 1. The van der Waals surface area contributed by atoms with Crippen molar-refractivity contribution in [1.82, 2.24) is 14.8 Å². The molecule has 1 unspecified atom stereocenters. The van der Waals surface area contributed by atoms with Gasteiger partial charge < -0.3 is 24.4 Å². The van der Waals surface area contributed by atoms with Crippen LogP contribution in [-0.2, 0) is 14.4 Å². The number of amides is 2. The molecule has 2 saturated heterocycles. The van der Waals surface area contributed by atoms with Crippen LogP contribution in [-0.4, -0.2) is 83.2 Å². The van der Waals surface area contributed by atoms with Crippen molar-refractivity contribution >= 4 is 23.5 Å². The minimum Gasteiger partial charge on any atom is -0.481 e. The van der Waals surface area contributed by atoms with E-state index < -0.39 is 17.9 Å². The largest absolute Gasteiger partial charge is 0.481 e. The molecule has 0 saturated carbocycles. The van der Waals surface area contributed by atoms with Crippen LogP contribution in [0.4, 0.5) is 5.69 Å². The Morgan fingerprint density at radius 3 is 2.76 bits per heavy atom. The third kappa shape index (κ3) is 5.31. The fraction of sp³-hybridized carbons (Fsp3) is 0.500. The number of fused-ring (bicyclic) bond motifs is 1. The highest BCUT2D eigenvalue weighted by molar-refractivity contribution is 5.94. The number of carbonyl (C=O) groups is 3. The van der Waals surface area contributed by atoms with Crippen molar-refractivity contribution in [2.75, 3.05) is 44.4 Å². The number of rotatable bonds is 10. The van der Waals surface area contributed by atoms with Gasteiger partial charge in [-0.3, -0.25) is 24.3 Å². The molecule has 1 aromatic heterocycles. The highest BCUT2D eigenvalue weighted by Gasteiger charge is 2.48. The van der Waals surface area contributed by atoms with Crippen molar-refractivity contribution in [3.63, 3.8) is 0 Å². The molecule has 3 aliphatic rings. The lowest BCUT2D eigenvalue weighted by Crippen LogP contribution is -2.49. The van der Waals surface area contributed by atoms with Crippen LogP contribution in [0.3, 0.4) is 0 Å². The topological polar surface area (TPSA) is 113 Å². The van der Waals surface area contributed by atoms with E-state index in [-0.39, 0.29) is 37.6 Å². The Morgan fingerprint density at radius 1 is 1.21 bits per heavy atom. The molecule has 10 heteroatoms. The van der Waals surface area contributed by atoms with E-state index in [4.69, 9.17) is 9.47 Å². The molecule has 3 atom stereocenters. The summed E-state index contributed by atoms with van der Waals surface area (Å²) in [6.07, 6.45) is 6.35. The number of aliphatic carboxylic acids is 1. The van der Waals surface area contributed by atoms with Crippen LogP contribution in [0.2, 0.25) is 0 Å². The Bertz CT molecular complexity index is 1180. The maximum atomic E-state index is 13.7. The molecule has 3 aliphatic heterocycles. The molecule has 2 aromatic rings. The van der Waals surface area contributed by atoms with Gasteiger partial charge in [-0.2, -0.15) is 0 Å². The van der Waals surface area contributed by atoms with Crippen LogP contribution >= 0.6 is 0 Å². The summed E-state index contributed by atoms with van der Waals surface area (Å²) in [5.74, 6) is -0.956. The second kappa shape index (κ2) is 11.4. The van der Waals surface area contributed by atoms with Gasteiger partial charge in [0.2, 0.25) is 18.6 Å². The van der Waals surface area contributed by atoms with Crippen LogP contribution in [0.25, 0.3) is 0 Å². The van der Waals surface area contributed by atoms with Crippen LogP contribution in [0.5, 0.6) is 11.5 Å². The van der Waals surface area contributed by atoms with E-state index in [1.165, 1.54) is 0 Å². The van der Waals surface area contributed by atoms with E-state index >= 15 is 0 Å². The Labute approximate surface area is 222 Å². The number of aromatic nitrogens is 1. The molecule has 0 spiro atoms. The normalized spacial score (nSPS) is 22.7. The summed E-state index contributed by atoms with van der Waals surface area (Å²) in [6, 6.07) is 8.68. The molecule has 1 N–H and O–H groups in total. The first-order valence-electron chi connectivity index (χ1n) is 13.3. The van der Waals surface area contributed by atoms with Gasteiger partial charge in [-0.25, -0.2) is 0 Å². The van der Waals surface area contributed by atoms with Gasteiger partial charge in [0.15, 0.2) is 11.5 Å². The van der Waals surface area contributed by atoms with E-state index in [0.717, 1.165) is 30.5 Å². The third-order valence-corrected chi connectivity index (χ3v) is 7.77. The van der Waals surface area contributed by atoms with Crippen molar-refractivity contribution in [1.29, 1.82) is 0 Å². The van der Waals surface area contributed by atoms with Crippen LogP contribution in [0.15, 0.2) is 42.7 Å². The second-order valence-corrected chi connectivity index (χ2v) is 10.1. The number of carbonyl (C=O) groups excluding carboxylic acids is 2. The summed E-state index contributed by atoms with van der Waals surface area (Å²) in [4.78, 5) is 48.6. The SMILES string of the molecule is CCCCN(C(=O)CN1C[C@H](c2ccc3c(c2)OCO3)C(C(=O)O)[C@@H]1CN1CCCC1=O)c1cccnc1. The number of ether oxygens (including phenoxy) is 2. The Balaban J connectivity index is 1.44. The van der Waals surface area contributed by atoms with Crippen molar-refractivity contribution in [2.45, 2.75) is 44.6 Å². The number of likely N-dealkylation sites (tertiary alicyclic amines) is 2. The molecule has 202 valence electrons. The molecule has 0 bridgehead atoms. The number of benzene rings is 1. The average Bonchev–Trinajstić information content (AvgIpc) is 3.64. The Hall–Kier alpha value is -3.66. The summed E-state index contributed by atoms with van der Waals surface area (Å²) in [5.41, 5.74) is 1.54. The molecular weight excluding hydrogens is 488 g/mol. The van der Waals surface area contributed by atoms with Crippen molar-refractivity contribution in [3.8, 4) is 11.5 Å². The van der Waals surface area contributed by atoms with Gasteiger partial charge in [-0.15, -0.1) is 0 Å². The predicted octanol–water partition coefficient (Wildman–Crippen LogP) is 2.73. The lowest BCUT2D eigenvalue weighted by atomic mass is 9.85. The maximum absolute atomic E-state index is 13.7. The molecule has 10 nitrogen and oxygen atoms in total. The zero-order chi connectivity index (χ0) is 26.6. The van der Waals surface area contributed by atoms with Crippen molar-refractivity contribution in [2.24, 2.45) is 5.92 Å².